The first-order valence-corrected chi connectivity index (χ1v) is 8.13. The predicted molar refractivity (Wildman–Crippen MR) is 91.4 cm³/mol. The Labute approximate surface area is 141 Å². The fraction of sp³-hybridized carbons (Fsp3) is 0.471. The molecule has 2 aromatic heterocycles. The maximum Gasteiger partial charge on any atom is 0.322 e. The first-order chi connectivity index (χ1) is 11.4. The number of anilines is 1. The third kappa shape index (κ3) is 3.56. The van der Waals surface area contributed by atoms with Gasteiger partial charge in [0.25, 0.3) is 0 Å². The summed E-state index contributed by atoms with van der Waals surface area (Å²) in [5.41, 5.74) is 2.63. The summed E-state index contributed by atoms with van der Waals surface area (Å²) < 4.78 is 7.43. The zero-order valence-electron chi connectivity index (χ0n) is 14.5. The van der Waals surface area contributed by atoms with Gasteiger partial charge in [-0.15, -0.1) is 0 Å². The monoisotopic (exact) mass is 329 g/mol. The Bertz CT molecular complexity index is 715. The molecular formula is C17H23N5O2. The van der Waals surface area contributed by atoms with Gasteiger partial charge in [-0.2, -0.15) is 5.10 Å². The van der Waals surface area contributed by atoms with Crippen LogP contribution in [0.1, 0.15) is 25.2 Å². The normalized spacial score (nSPS) is 20.9. The SMILES string of the molecule is Cc1cc(C)n(-c2ccc(NC(=O)N3CC(C)OC(C)C3)cn2)n1. The molecule has 128 valence electrons. The Balaban J connectivity index is 1.68. The lowest BCUT2D eigenvalue weighted by molar-refractivity contribution is -0.0530. The molecule has 7 nitrogen and oxygen atoms in total. The lowest BCUT2D eigenvalue weighted by atomic mass is 10.2. The van der Waals surface area contributed by atoms with Gasteiger partial charge in [-0.05, 0) is 45.9 Å². The smallest absolute Gasteiger partial charge is 0.322 e. The lowest BCUT2D eigenvalue weighted by Crippen LogP contribution is -2.49. The highest BCUT2D eigenvalue weighted by Crippen LogP contribution is 2.15. The van der Waals surface area contributed by atoms with E-state index in [0.29, 0.717) is 18.8 Å². The van der Waals surface area contributed by atoms with E-state index in [0.717, 1.165) is 17.2 Å². The third-order valence-corrected chi connectivity index (χ3v) is 3.93. The van der Waals surface area contributed by atoms with Gasteiger partial charge in [0.15, 0.2) is 5.82 Å². The van der Waals surface area contributed by atoms with Crippen LogP contribution in [-0.4, -0.2) is 51.0 Å². The topological polar surface area (TPSA) is 72.3 Å². The van der Waals surface area contributed by atoms with E-state index in [4.69, 9.17) is 4.74 Å². The van der Waals surface area contributed by atoms with Gasteiger partial charge in [-0.1, -0.05) is 0 Å². The Morgan fingerprint density at radius 2 is 1.96 bits per heavy atom. The molecule has 1 saturated heterocycles. The highest BCUT2D eigenvalue weighted by molar-refractivity contribution is 5.89. The summed E-state index contributed by atoms with van der Waals surface area (Å²) in [5, 5.41) is 7.30. The molecule has 1 fully saturated rings. The van der Waals surface area contributed by atoms with Gasteiger partial charge >= 0.3 is 6.03 Å². The maximum absolute atomic E-state index is 12.4. The van der Waals surface area contributed by atoms with Gasteiger partial charge in [0.2, 0.25) is 0 Å². The number of urea groups is 1. The van der Waals surface area contributed by atoms with Gasteiger partial charge < -0.3 is 15.0 Å². The molecular weight excluding hydrogens is 306 g/mol. The molecule has 3 rings (SSSR count). The molecule has 0 bridgehead atoms. The van der Waals surface area contributed by atoms with E-state index in [9.17, 15) is 4.79 Å². The molecule has 2 aromatic rings. The summed E-state index contributed by atoms with van der Waals surface area (Å²) in [6.45, 7) is 9.06. The van der Waals surface area contributed by atoms with E-state index in [2.05, 4.69) is 15.4 Å². The largest absolute Gasteiger partial charge is 0.372 e. The number of ether oxygens (including phenoxy) is 1. The van der Waals surface area contributed by atoms with Gasteiger partial charge in [0, 0.05) is 18.8 Å². The molecule has 7 heteroatoms. The number of morpholine rings is 1. The van der Waals surface area contributed by atoms with E-state index >= 15 is 0 Å². The molecule has 0 aliphatic carbocycles. The van der Waals surface area contributed by atoms with Crippen LogP contribution < -0.4 is 5.32 Å². The van der Waals surface area contributed by atoms with Crippen LogP contribution in [0.2, 0.25) is 0 Å². The van der Waals surface area contributed by atoms with Crippen LogP contribution in [0.4, 0.5) is 10.5 Å². The molecule has 24 heavy (non-hydrogen) atoms. The molecule has 3 heterocycles. The lowest BCUT2D eigenvalue weighted by Gasteiger charge is -2.35. The summed E-state index contributed by atoms with van der Waals surface area (Å²) in [4.78, 5) is 18.6. The van der Waals surface area contributed by atoms with Crippen LogP contribution in [0.3, 0.4) is 0 Å². The number of amides is 2. The van der Waals surface area contributed by atoms with Crippen LogP contribution >= 0.6 is 0 Å². The summed E-state index contributed by atoms with van der Waals surface area (Å²) in [7, 11) is 0. The number of pyridine rings is 1. The number of carbonyl (C=O) groups is 1. The summed E-state index contributed by atoms with van der Waals surface area (Å²) in [5.74, 6) is 0.729. The molecule has 2 atom stereocenters. The fourth-order valence-electron chi connectivity index (χ4n) is 2.99. The minimum absolute atomic E-state index is 0.0473. The zero-order valence-corrected chi connectivity index (χ0v) is 14.5. The zero-order chi connectivity index (χ0) is 17.3. The van der Waals surface area contributed by atoms with Crippen molar-refractivity contribution < 1.29 is 9.53 Å². The number of hydrogen-bond acceptors (Lipinski definition) is 4. The molecule has 1 aliphatic rings. The number of rotatable bonds is 2. The molecule has 1 aliphatic heterocycles. The number of aryl methyl sites for hydroxylation is 2. The number of carbonyl (C=O) groups excluding carboxylic acids is 1. The maximum atomic E-state index is 12.4. The predicted octanol–water partition coefficient (Wildman–Crippen LogP) is 2.53. The van der Waals surface area contributed by atoms with Crippen molar-refractivity contribution in [1.82, 2.24) is 19.7 Å². The van der Waals surface area contributed by atoms with E-state index in [1.54, 1.807) is 15.8 Å². The van der Waals surface area contributed by atoms with Crippen LogP contribution in [0.5, 0.6) is 0 Å². The van der Waals surface area contributed by atoms with Gasteiger partial charge in [0.1, 0.15) is 0 Å². The average Bonchev–Trinajstić information content (AvgIpc) is 2.85. The van der Waals surface area contributed by atoms with Gasteiger partial charge in [0.05, 0.1) is 29.8 Å². The second-order valence-corrected chi connectivity index (χ2v) is 6.34. The van der Waals surface area contributed by atoms with Gasteiger partial charge in [-0.3, -0.25) is 0 Å². The van der Waals surface area contributed by atoms with Gasteiger partial charge in [-0.25, -0.2) is 14.5 Å². The minimum Gasteiger partial charge on any atom is -0.372 e. The Morgan fingerprint density at radius 1 is 1.25 bits per heavy atom. The highest BCUT2D eigenvalue weighted by atomic mass is 16.5. The molecule has 2 amide bonds. The third-order valence-electron chi connectivity index (χ3n) is 3.93. The van der Waals surface area contributed by atoms with E-state index in [1.165, 1.54) is 0 Å². The highest BCUT2D eigenvalue weighted by Gasteiger charge is 2.25. The molecule has 0 aromatic carbocycles. The van der Waals surface area contributed by atoms with Crippen molar-refractivity contribution >= 4 is 11.7 Å². The van der Waals surface area contributed by atoms with Crippen molar-refractivity contribution in [3.63, 3.8) is 0 Å². The minimum atomic E-state index is -0.127. The summed E-state index contributed by atoms with van der Waals surface area (Å²) >= 11 is 0. The number of hydrogen-bond donors (Lipinski definition) is 1. The number of nitrogens with one attached hydrogen (secondary N) is 1. The molecule has 0 radical (unpaired) electrons. The van der Waals surface area contributed by atoms with Crippen LogP contribution in [0.25, 0.3) is 5.82 Å². The first-order valence-electron chi connectivity index (χ1n) is 8.13. The number of nitrogens with zero attached hydrogens (tertiary/aromatic N) is 4. The first kappa shape index (κ1) is 16.4. The van der Waals surface area contributed by atoms with Crippen molar-refractivity contribution in [3.05, 3.63) is 35.8 Å². The van der Waals surface area contributed by atoms with E-state index in [1.807, 2.05) is 45.9 Å². The van der Waals surface area contributed by atoms with Crippen LogP contribution in [0.15, 0.2) is 24.4 Å². The Hall–Kier alpha value is -2.41. The Kier molecular flexibility index (Phi) is 4.53. The van der Waals surface area contributed by atoms with Crippen molar-refractivity contribution in [2.24, 2.45) is 0 Å². The van der Waals surface area contributed by atoms with Crippen molar-refractivity contribution in [3.8, 4) is 5.82 Å². The molecule has 0 saturated carbocycles. The standard InChI is InChI=1S/C17H23N5O2/c1-11-7-12(2)22(20-11)16-6-5-15(8-18-16)19-17(23)21-9-13(3)24-14(4)10-21/h5-8,13-14H,9-10H2,1-4H3,(H,19,23). The van der Waals surface area contributed by atoms with Crippen molar-refractivity contribution in [2.75, 3.05) is 18.4 Å². The van der Waals surface area contributed by atoms with E-state index < -0.39 is 0 Å². The second-order valence-electron chi connectivity index (χ2n) is 6.34. The van der Waals surface area contributed by atoms with Crippen LogP contribution in [-0.2, 0) is 4.74 Å². The van der Waals surface area contributed by atoms with E-state index in [-0.39, 0.29) is 18.2 Å². The Morgan fingerprint density at radius 3 is 2.50 bits per heavy atom. The summed E-state index contributed by atoms with van der Waals surface area (Å²) in [6.07, 6.45) is 1.74. The fourth-order valence-corrected chi connectivity index (χ4v) is 2.99. The summed E-state index contributed by atoms with van der Waals surface area (Å²) in [6, 6.07) is 5.56. The number of aromatic nitrogens is 3. The van der Waals surface area contributed by atoms with Crippen molar-refractivity contribution in [2.45, 2.75) is 39.9 Å². The molecule has 1 N–H and O–H groups in total. The average molecular weight is 329 g/mol. The second kappa shape index (κ2) is 6.60. The molecule has 0 spiro atoms. The molecule has 2 unspecified atom stereocenters. The quantitative estimate of drug-likeness (QED) is 0.919. The van der Waals surface area contributed by atoms with Crippen molar-refractivity contribution in [1.29, 1.82) is 0 Å². The van der Waals surface area contributed by atoms with Crippen LogP contribution in [0, 0.1) is 13.8 Å².